The molecule has 0 aliphatic carbocycles. The molecule has 1 fully saturated rings. The molecule has 2 rings (SSSR count). The normalized spacial score (nSPS) is 17.5. The van der Waals surface area contributed by atoms with Crippen molar-refractivity contribution in [3.8, 4) is 0 Å². The van der Waals surface area contributed by atoms with E-state index in [1.165, 1.54) is 43.7 Å². The van der Waals surface area contributed by atoms with Crippen molar-refractivity contribution in [3.63, 3.8) is 0 Å². The first-order valence-electron chi connectivity index (χ1n) is 6.12. The minimum absolute atomic E-state index is 0.767. The summed E-state index contributed by atoms with van der Waals surface area (Å²) in [6.07, 6.45) is 4.10. The molecule has 0 amide bonds. The molecule has 0 saturated carbocycles. The van der Waals surface area contributed by atoms with Crippen molar-refractivity contribution in [3.05, 3.63) is 20.3 Å². The average Bonchev–Trinajstić information content (AvgIpc) is 2.65. The number of nitrogens with one attached hydrogen (secondary N) is 1. The van der Waals surface area contributed by atoms with Crippen LogP contribution in [0.5, 0.6) is 0 Å². The zero-order valence-electron chi connectivity index (χ0n) is 9.85. The Balaban J connectivity index is 1.64. The van der Waals surface area contributed by atoms with Gasteiger partial charge in [-0.25, -0.2) is 0 Å². The Bertz CT molecular complexity index is 348. The minimum atomic E-state index is 0.767. The molecule has 0 spiro atoms. The number of thiophene rings is 1. The molecule has 1 aromatic heterocycles. The van der Waals surface area contributed by atoms with Crippen molar-refractivity contribution in [2.45, 2.75) is 25.8 Å². The monoisotopic (exact) mass is 292 g/mol. The van der Waals surface area contributed by atoms with Crippen molar-refractivity contribution in [2.24, 2.45) is 0 Å². The van der Waals surface area contributed by atoms with Crippen molar-refractivity contribution in [1.82, 2.24) is 10.2 Å². The first-order valence-corrected chi connectivity index (χ1v) is 7.70. The molecule has 1 aromatic rings. The Morgan fingerprint density at radius 1 is 1.24 bits per heavy atom. The number of hydrogen-bond acceptors (Lipinski definition) is 3. The molecule has 2 heterocycles. The van der Waals surface area contributed by atoms with Crippen LogP contribution >= 0.6 is 34.5 Å². The topological polar surface area (TPSA) is 15.3 Å². The first kappa shape index (κ1) is 13.6. The van der Waals surface area contributed by atoms with Gasteiger partial charge in [0.05, 0.1) is 8.67 Å². The van der Waals surface area contributed by atoms with Gasteiger partial charge in [0.1, 0.15) is 0 Å². The summed E-state index contributed by atoms with van der Waals surface area (Å²) in [5.74, 6) is 0. The summed E-state index contributed by atoms with van der Waals surface area (Å²) in [5.41, 5.74) is 1.11. The van der Waals surface area contributed by atoms with E-state index in [9.17, 15) is 0 Å². The number of nitrogens with zero attached hydrogens (tertiary/aromatic N) is 1. The van der Waals surface area contributed by atoms with E-state index in [1.54, 1.807) is 0 Å². The van der Waals surface area contributed by atoms with E-state index in [-0.39, 0.29) is 0 Å². The van der Waals surface area contributed by atoms with Gasteiger partial charge in [0.15, 0.2) is 0 Å². The van der Waals surface area contributed by atoms with Crippen molar-refractivity contribution in [1.29, 1.82) is 0 Å². The second-order valence-corrected chi connectivity index (χ2v) is 6.71. The van der Waals surface area contributed by atoms with Crippen LogP contribution in [-0.4, -0.2) is 31.1 Å². The van der Waals surface area contributed by atoms with E-state index in [4.69, 9.17) is 23.2 Å². The summed E-state index contributed by atoms with van der Waals surface area (Å²) < 4.78 is 1.57. The van der Waals surface area contributed by atoms with Crippen LogP contribution in [0.3, 0.4) is 0 Å². The maximum atomic E-state index is 6.06. The highest BCUT2D eigenvalue weighted by Gasteiger charge is 2.09. The third kappa shape index (κ3) is 4.42. The molecule has 0 aromatic carbocycles. The van der Waals surface area contributed by atoms with Gasteiger partial charge in [-0.1, -0.05) is 29.6 Å². The van der Waals surface area contributed by atoms with Gasteiger partial charge in [0, 0.05) is 19.6 Å². The molecular formula is C12H18Cl2N2S. The van der Waals surface area contributed by atoms with Crippen molar-refractivity contribution in [2.75, 3.05) is 26.2 Å². The quantitative estimate of drug-likeness (QED) is 0.834. The van der Waals surface area contributed by atoms with E-state index in [0.29, 0.717) is 0 Å². The average molecular weight is 293 g/mol. The summed E-state index contributed by atoms with van der Waals surface area (Å²) in [7, 11) is 0. The summed E-state index contributed by atoms with van der Waals surface area (Å²) in [5, 5.41) is 3.43. The largest absolute Gasteiger partial charge is 0.311 e. The number of rotatable bonds is 5. The Kier molecular flexibility index (Phi) is 5.57. The van der Waals surface area contributed by atoms with Crippen LogP contribution in [0.4, 0.5) is 0 Å². The highest BCUT2D eigenvalue weighted by atomic mass is 35.5. The van der Waals surface area contributed by atoms with Gasteiger partial charge in [-0.2, -0.15) is 0 Å². The van der Waals surface area contributed by atoms with E-state index < -0.39 is 0 Å². The van der Waals surface area contributed by atoms with Crippen molar-refractivity contribution < 1.29 is 0 Å². The predicted molar refractivity (Wildman–Crippen MR) is 76.3 cm³/mol. The van der Waals surface area contributed by atoms with Gasteiger partial charge in [-0.3, -0.25) is 0 Å². The predicted octanol–water partition coefficient (Wildman–Crippen LogP) is 3.63. The van der Waals surface area contributed by atoms with Crippen LogP contribution in [0.1, 0.15) is 24.8 Å². The molecule has 1 aliphatic heterocycles. The second kappa shape index (κ2) is 6.95. The van der Waals surface area contributed by atoms with Crippen LogP contribution in [0.25, 0.3) is 0 Å². The lowest BCUT2D eigenvalue weighted by atomic mass is 10.1. The Labute approximate surface area is 117 Å². The second-order valence-electron chi connectivity index (χ2n) is 4.43. The third-order valence-corrected chi connectivity index (χ3v) is 4.67. The lowest BCUT2D eigenvalue weighted by molar-refractivity contribution is 0.229. The van der Waals surface area contributed by atoms with E-state index >= 15 is 0 Å². The fraction of sp³-hybridized carbons (Fsp3) is 0.667. The maximum absolute atomic E-state index is 6.06. The molecule has 0 bridgehead atoms. The summed E-state index contributed by atoms with van der Waals surface area (Å²) in [6.45, 7) is 5.48. The van der Waals surface area contributed by atoms with Gasteiger partial charge in [-0.05, 0) is 37.6 Å². The number of halogens is 2. The van der Waals surface area contributed by atoms with Crippen LogP contribution in [0.2, 0.25) is 8.67 Å². The molecule has 5 heteroatoms. The maximum Gasteiger partial charge on any atom is 0.0989 e. The first-order chi connectivity index (χ1) is 8.25. The summed E-state index contributed by atoms with van der Waals surface area (Å²) >= 11 is 13.4. The van der Waals surface area contributed by atoms with Gasteiger partial charge in [-0.15, -0.1) is 11.3 Å². The van der Waals surface area contributed by atoms with Crippen molar-refractivity contribution >= 4 is 34.5 Å². The minimum Gasteiger partial charge on any atom is -0.311 e. The molecule has 1 saturated heterocycles. The highest BCUT2D eigenvalue weighted by Crippen LogP contribution is 2.30. The zero-order valence-corrected chi connectivity index (χ0v) is 12.2. The molecule has 0 atom stereocenters. The van der Waals surface area contributed by atoms with Crippen LogP contribution in [0.15, 0.2) is 6.07 Å². The zero-order chi connectivity index (χ0) is 12.1. The van der Waals surface area contributed by atoms with Gasteiger partial charge < -0.3 is 10.2 Å². The highest BCUT2D eigenvalue weighted by molar-refractivity contribution is 7.20. The number of piperidine rings is 1. The van der Waals surface area contributed by atoms with Gasteiger partial charge in [0.25, 0.3) is 0 Å². The molecular weight excluding hydrogens is 275 g/mol. The lowest BCUT2D eigenvalue weighted by Gasteiger charge is -2.26. The molecule has 96 valence electrons. The Morgan fingerprint density at radius 2 is 2.00 bits per heavy atom. The van der Waals surface area contributed by atoms with Gasteiger partial charge in [0.2, 0.25) is 0 Å². The number of likely N-dealkylation sites (tertiary alicyclic amines) is 1. The smallest absolute Gasteiger partial charge is 0.0989 e. The van der Waals surface area contributed by atoms with Crippen LogP contribution in [-0.2, 0) is 6.54 Å². The third-order valence-electron chi connectivity index (χ3n) is 3.10. The lowest BCUT2D eigenvalue weighted by Crippen LogP contribution is -2.35. The van der Waals surface area contributed by atoms with Crippen LogP contribution < -0.4 is 5.32 Å². The van der Waals surface area contributed by atoms with E-state index in [2.05, 4.69) is 10.2 Å². The molecule has 0 unspecified atom stereocenters. The molecule has 0 radical (unpaired) electrons. The van der Waals surface area contributed by atoms with E-state index in [1.807, 2.05) is 6.07 Å². The van der Waals surface area contributed by atoms with Gasteiger partial charge >= 0.3 is 0 Å². The molecule has 17 heavy (non-hydrogen) atoms. The molecule has 2 nitrogen and oxygen atoms in total. The Morgan fingerprint density at radius 3 is 2.65 bits per heavy atom. The molecule has 1 aliphatic rings. The summed E-state index contributed by atoms with van der Waals surface area (Å²) in [4.78, 5) is 2.53. The van der Waals surface area contributed by atoms with Crippen LogP contribution in [0, 0.1) is 0 Å². The fourth-order valence-electron chi connectivity index (χ4n) is 2.14. The number of hydrogen-bond donors (Lipinski definition) is 1. The standard InChI is InChI=1S/C12H18Cl2N2S/c13-11-8-10(12(14)17-11)9-15-4-7-16-5-2-1-3-6-16/h8,15H,1-7,9H2. The Hall–Kier alpha value is 0.200. The SMILES string of the molecule is Clc1cc(CNCCN2CCCCC2)c(Cl)s1. The fourth-order valence-corrected chi connectivity index (χ4v) is 3.63. The van der Waals surface area contributed by atoms with E-state index in [0.717, 1.165) is 33.9 Å². The summed E-state index contributed by atoms with van der Waals surface area (Å²) in [6, 6.07) is 1.95. The molecule has 1 N–H and O–H groups in total.